The van der Waals surface area contributed by atoms with Crippen LogP contribution in [0.15, 0.2) is 42.7 Å². The summed E-state index contributed by atoms with van der Waals surface area (Å²) in [4.78, 5) is 8.76. The Morgan fingerprint density at radius 1 is 1.12 bits per heavy atom. The summed E-state index contributed by atoms with van der Waals surface area (Å²) >= 11 is 7.24. The van der Waals surface area contributed by atoms with Crippen LogP contribution in [0.3, 0.4) is 0 Å². The number of methoxy groups -OCH3 is 2. The van der Waals surface area contributed by atoms with Gasteiger partial charge in [-0.05, 0) is 29.3 Å². The van der Waals surface area contributed by atoms with Gasteiger partial charge in [0.2, 0.25) is 0 Å². The van der Waals surface area contributed by atoms with Gasteiger partial charge in [0.1, 0.15) is 4.32 Å². The lowest BCUT2D eigenvalue weighted by atomic mass is 10.2. The Labute approximate surface area is 157 Å². The molecule has 0 amide bonds. The molecule has 1 aromatic carbocycles. The molecule has 2 heterocycles. The van der Waals surface area contributed by atoms with Gasteiger partial charge in [-0.3, -0.25) is 9.88 Å². The summed E-state index contributed by atoms with van der Waals surface area (Å²) < 4.78 is 11.6. The number of thioether (sulfide) groups is 1. The molecular weight excluding hydrogens is 354 g/mol. The first kappa shape index (κ1) is 18.0. The first-order valence-electron chi connectivity index (χ1n) is 7.93. The van der Waals surface area contributed by atoms with E-state index >= 15 is 0 Å². The molecule has 0 N–H and O–H groups in total. The van der Waals surface area contributed by atoms with E-state index in [0.717, 1.165) is 47.0 Å². The largest absolute Gasteiger partial charge is 0.493 e. The maximum atomic E-state index is 5.55. The van der Waals surface area contributed by atoms with Crippen LogP contribution >= 0.6 is 24.0 Å². The number of thiocarbonyl (C=S) groups is 1. The van der Waals surface area contributed by atoms with Gasteiger partial charge in [0, 0.05) is 25.5 Å². The zero-order chi connectivity index (χ0) is 17.6. The number of hydrogen-bond acceptors (Lipinski definition) is 6. The summed E-state index contributed by atoms with van der Waals surface area (Å²) in [6.07, 6.45) is 3.71. The van der Waals surface area contributed by atoms with Gasteiger partial charge >= 0.3 is 0 Å². The minimum Gasteiger partial charge on any atom is -0.493 e. The van der Waals surface area contributed by atoms with Crippen molar-refractivity contribution < 1.29 is 9.47 Å². The monoisotopic (exact) mass is 375 g/mol. The van der Waals surface area contributed by atoms with Gasteiger partial charge in [0.25, 0.3) is 0 Å². The van der Waals surface area contributed by atoms with Crippen LogP contribution in [0.2, 0.25) is 0 Å². The van der Waals surface area contributed by atoms with E-state index in [1.807, 2.05) is 24.4 Å². The summed E-state index contributed by atoms with van der Waals surface area (Å²) in [5.74, 6) is 2.37. The van der Waals surface area contributed by atoms with Gasteiger partial charge in [-0.25, -0.2) is 0 Å². The molecule has 132 valence electrons. The number of ether oxygens (including phenoxy) is 2. The SMILES string of the molecule is COc1ccc(CN2CN(Cc3cccnc3)CSC2=S)cc1OC. The minimum atomic E-state index is 0.736. The van der Waals surface area contributed by atoms with Gasteiger partial charge in [-0.15, -0.1) is 0 Å². The highest BCUT2D eigenvalue weighted by molar-refractivity contribution is 8.22. The van der Waals surface area contributed by atoms with E-state index in [0.29, 0.717) is 0 Å². The Morgan fingerprint density at radius 3 is 2.68 bits per heavy atom. The summed E-state index contributed by atoms with van der Waals surface area (Å²) in [7, 11) is 3.29. The predicted octanol–water partition coefficient (Wildman–Crippen LogP) is 3.35. The molecule has 0 spiro atoms. The lowest BCUT2D eigenvalue weighted by Crippen LogP contribution is -2.43. The third-order valence-electron chi connectivity index (χ3n) is 3.95. The molecular formula is C18H21N3O2S2. The average molecular weight is 376 g/mol. The quantitative estimate of drug-likeness (QED) is 0.717. The molecule has 0 radical (unpaired) electrons. The van der Waals surface area contributed by atoms with E-state index in [1.54, 1.807) is 32.2 Å². The summed E-state index contributed by atoms with van der Waals surface area (Å²) in [6.45, 7) is 2.41. The molecule has 0 bridgehead atoms. The third-order valence-corrected chi connectivity index (χ3v) is 5.56. The van der Waals surface area contributed by atoms with Gasteiger partial charge in [0.05, 0.1) is 26.8 Å². The molecule has 7 heteroatoms. The molecule has 1 saturated heterocycles. The standard InChI is InChI=1S/C18H21N3O2S2/c1-22-16-6-5-14(8-17(16)23-2)11-21-12-20(13-25-18(21)24)10-15-4-3-7-19-9-15/h3-9H,10-13H2,1-2H3. The molecule has 25 heavy (non-hydrogen) atoms. The number of aromatic nitrogens is 1. The second-order valence-electron chi connectivity index (χ2n) is 5.76. The number of nitrogens with zero attached hydrogens (tertiary/aromatic N) is 3. The Balaban J connectivity index is 1.67. The van der Waals surface area contributed by atoms with E-state index in [-0.39, 0.29) is 0 Å². The fraction of sp³-hybridized carbons (Fsp3) is 0.333. The number of pyridine rings is 1. The molecule has 1 fully saturated rings. The maximum Gasteiger partial charge on any atom is 0.161 e. The van der Waals surface area contributed by atoms with Crippen LogP contribution in [-0.2, 0) is 13.1 Å². The zero-order valence-electron chi connectivity index (χ0n) is 14.3. The van der Waals surface area contributed by atoms with Crippen molar-refractivity contribution in [1.29, 1.82) is 0 Å². The molecule has 2 aromatic rings. The molecule has 3 rings (SSSR count). The lowest BCUT2D eigenvalue weighted by Gasteiger charge is -2.36. The van der Waals surface area contributed by atoms with Crippen LogP contribution in [0.4, 0.5) is 0 Å². The van der Waals surface area contributed by atoms with Gasteiger partial charge in [-0.1, -0.05) is 36.1 Å². The molecule has 1 aliphatic heterocycles. The predicted molar refractivity (Wildman–Crippen MR) is 105 cm³/mol. The fourth-order valence-electron chi connectivity index (χ4n) is 2.74. The van der Waals surface area contributed by atoms with Crippen molar-refractivity contribution in [1.82, 2.24) is 14.8 Å². The zero-order valence-corrected chi connectivity index (χ0v) is 16.0. The van der Waals surface area contributed by atoms with Crippen LogP contribution in [-0.4, -0.2) is 45.9 Å². The van der Waals surface area contributed by atoms with E-state index in [2.05, 4.69) is 26.9 Å². The van der Waals surface area contributed by atoms with Crippen LogP contribution in [0, 0.1) is 0 Å². The fourth-order valence-corrected chi connectivity index (χ4v) is 3.79. The molecule has 0 aliphatic carbocycles. The van der Waals surface area contributed by atoms with Crippen LogP contribution in [0.5, 0.6) is 11.5 Å². The lowest BCUT2D eigenvalue weighted by molar-refractivity contribution is 0.200. The van der Waals surface area contributed by atoms with Crippen molar-refractivity contribution in [2.45, 2.75) is 13.1 Å². The number of hydrogen-bond donors (Lipinski definition) is 0. The van der Waals surface area contributed by atoms with Crippen molar-refractivity contribution in [2.24, 2.45) is 0 Å². The van der Waals surface area contributed by atoms with Gasteiger partial charge < -0.3 is 14.4 Å². The van der Waals surface area contributed by atoms with Crippen molar-refractivity contribution in [3.05, 3.63) is 53.9 Å². The minimum absolute atomic E-state index is 0.736. The van der Waals surface area contributed by atoms with E-state index in [4.69, 9.17) is 21.7 Å². The Hall–Kier alpha value is -1.83. The second-order valence-corrected chi connectivity index (χ2v) is 7.34. The molecule has 1 aromatic heterocycles. The van der Waals surface area contributed by atoms with Crippen molar-refractivity contribution >= 4 is 28.3 Å². The summed E-state index contributed by atoms with van der Waals surface area (Å²) in [6, 6.07) is 10.1. The summed E-state index contributed by atoms with van der Waals surface area (Å²) in [5.41, 5.74) is 2.35. The number of rotatable bonds is 6. The molecule has 0 unspecified atom stereocenters. The van der Waals surface area contributed by atoms with E-state index in [1.165, 1.54) is 5.56 Å². The van der Waals surface area contributed by atoms with Crippen LogP contribution < -0.4 is 9.47 Å². The molecule has 1 aliphatic rings. The van der Waals surface area contributed by atoms with Crippen molar-refractivity contribution in [3.8, 4) is 11.5 Å². The van der Waals surface area contributed by atoms with Gasteiger partial charge in [0.15, 0.2) is 11.5 Å². The Kier molecular flexibility index (Phi) is 6.12. The first-order valence-corrected chi connectivity index (χ1v) is 9.33. The van der Waals surface area contributed by atoms with Crippen molar-refractivity contribution in [2.75, 3.05) is 26.8 Å². The molecule has 5 nitrogen and oxygen atoms in total. The van der Waals surface area contributed by atoms with Crippen LogP contribution in [0.1, 0.15) is 11.1 Å². The topological polar surface area (TPSA) is 37.8 Å². The smallest absolute Gasteiger partial charge is 0.161 e. The highest BCUT2D eigenvalue weighted by Gasteiger charge is 2.22. The summed E-state index contributed by atoms with van der Waals surface area (Å²) in [5, 5.41) is 0. The maximum absolute atomic E-state index is 5.55. The highest BCUT2D eigenvalue weighted by Crippen LogP contribution is 2.29. The molecule has 0 atom stereocenters. The van der Waals surface area contributed by atoms with Crippen molar-refractivity contribution in [3.63, 3.8) is 0 Å². The molecule has 0 saturated carbocycles. The highest BCUT2D eigenvalue weighted by atomic mass is 32.2. The van der Waals surface area contributed by atoms with E-state index in [9.17, 15) is 0 Å². The van der Waals surface area contributed by atoms with E-state index < -0.39 is 0 Å². The normalized spacial score (nSPS) is 15.3. The number of benzene rings is 1. The first-order chi connectivity index (χ1) is 12.2. The Bertz CT molecular complexity index is 728. The van der Waals surface area contributed by atoms with Crippen LogP contribution in [0.25, 0.3) is 0 Å². The Morgan fingerprint density at radius 2 is 1.96 bits per heavy atom. The second kappa shape index (κ2) is 8.51. The van der Waals surface area contributed by atoms with Gasteiger partial charge in [-0.2, -0.15) is 0 Å². The average Bonchev–Trinajstić information content (AvgIpc) is 2.65. The third kappa shape index (κ3) is 4.62.